The first-order valence-corrected chi connectivity index (χ1v) is 6.67. The molecule has 90 valence electrons. The second kappa shape index (κ2) is 4.61. The molecule has 1 aromatic carbocycles. The van der Waals surface area contributed by atoms with Gasteiger partial charge in [-0.05, 0) is 18.4 Å². The van der Waals surface area contributed by atoms with Gasteiger partial charge in [-0.1, -0.05) is 36.8 Å². The van der Waals surface area contributed by atoms with E-state index in [-0.39, 0.29) is 5.92 Å². The Hall–Kier alpha value is -1.15. The SMILES string of the molecule is O=C1CCCC[C@@H]2NC[C@H](c3ccccc3)[C@H]12. The van der Waals surface area contributed by atoms with Crippen LogP contribution in [-0.4, -0.2) is 18.4 Å². The maximum absolute atomic E-state index is 12.2. The predicted molar refractivity (Wildman–Crippen MR) is 67.9 cm³/mol. The van der Waals surface area contributed by atoms with E-state index in [1.807, 2.05) is 6.07 Å². The van der Waals surface area contributed by atoms with E-state index >= 15 is 0 Å². The monoisotopic (exact) mass is 229 g/mol. The van der Waals surface area contributed by atoms with Gasteiger partial charge in [0.15, 0.2) is 0 Å². The number of Topliss-reactive ketones (excluding diaryl/α,β-unsaturated/α-hetero) is 1. The van der Waals surface area contributed by atoms with Crippen LogP contribution in [0, 0.1) is 5.92 Å². The topological polar surface area (TPSA) is 29.1 Å². The quantitative estimate of drug-likeness (QED) is 0.801. The molecule has 2 heteroatoms. The normalized spacial score (nSPS) is 33.2. The molecular weight excluding hydrogens is 210 g/mol. The number of carbonyl (C=O) groups is 1. The summed E-state index contributed by atoms with van der Waals surface area (Å²) in [6, 6.07) is 10.9. The number of carbonyl (C=O) groups excluding carboxylic acids is 1. The van der Waals surface area contributed by atoms with Crippen molar-refractivity contribution in [2.75, 3.05) is 6.54 Å². The minimum Gasteiger partial charge on any atom is -0.313 e. The van der Waals surface area contributed by atoms with Gasteiger partial charge in [-0.25, -0.2) is 0 Å². The molecule has 2 nitrogen and oxygen atoms in total. The lowest BCUT2D eigenvalue weighted by molar-refractivity contribution is -0.123. The van der Waals surface area contributed by atoms with Gasteiger partial charge in [-0.3, -0.25) is 4.79 Å². The van der Waals surface area contributed by atoms with E-state index in [9.17, 15) is 4.79 Å². The Morgan fingerprint density at radius 3 is 2.76 bits per heavy atom. The maximum atomic E-state index is 12.2. The molecule has 0 amide bonds. The number of fused-ring (bicyclic) bond motifs is 1. The van der Waals surface area contributed by atoms with Crippen LogP contribution in [0.1, 0.15) is 37.2 Å². The van der Waals surface area contributed by atoms with Crippen LogP contribution in [0.2, 0.25) is 0 Å². The maximum Gasteiger partial charge on any atom is 0.138 e. The Morgan fingerprint density at radius 2 is 1.94 bits per heavy atom. The van der Waals surface area contributed by atoms with E-state index in [0.717, 1.165) is 19.4 Å². The zero-order valence-electron chi connectivity index (χ0n) is 10.1. The highest BCUT2D eigenvalue weighted by atomic mass is 16.1. The predicted octanol–water partition coefficient (Wildman–Crippen LogP) is 2.50. The minimum absolute atomic E-state index is 0.222. The summed E-state index contributed by atoms with van der Waals surface area (Å²) in [5.74, 6) is 1.10. The molecule has 1 saturated carbocycles. The Balaban J connectivity index is 1.89. The summed E-state index contributed by atoms with van der Waals surface area (Å²) in [4.78, 5) is 12.2. The van der Waals surface area contributed by atoms with Crippen LogP contribution in [0.5, 0.6) is 0 Å². The third-order valence-corrected chi connectivity index (χ3v) is 4.25. The molecule has 0 aromatic heterocycles. The number of benzene rings is 1. The van der Waals surface area contributed by atoms with Crippen LogP contribution in [0.4, 0.5) is 0 Å². The van der Waals surface area contributed by atoms with E-state index in [0.29, 0.717) is 17.7 Å². The molecule has 1 aliphatic heterocycles. The molecule has 1 saturated heterocycles. The van der Waals surface area contributed by atoms with Crippen molar-refractivity contribution >= 4 is 5.78 Å². The van der Waals surface area contributed by atoms with Gasteiger partial charge >= 0.3 is 0 Å². The summed E-state index contributed by atoms with van der Waals surface area (Å²) < 4.78 is 0. The molecule has 1 heterocycles. The second-order valence-electron chi connectivity index (χ2n) is 5.27. The molecule has 2 aliphatic rings. The molecule has 17 heavy (non-hydrogen) atoms. The summed E-state index contributed by atoms with van der Waals surface area (Å²) in [5, 5.41) is 3.56. The van der Waals surface area contributed by atoms with Gasteiger partial charge in [-0.15, -0.1) is 0 Å². The molecule has 1 aromatic rings. The lowest BCUT2D eigenvalue weighted by Crippen LogP contribution is -2.30. The highest BCUT2D eigenvalue weighted by Crippen LogP contribution is 2.37. The highest BCUT2D eigenvalue weighted by Gasteiger charge is 2.41. The molecule has 1 N–H and O–H groups in total. The summed E-state index contributed by atoms with van der Waals surface area (Å²) in [6.07, 6.45) is 4.22. The Bertz CT molecular complexity index is 401. The second-order valence-corrected chi connectivity index (χ2v) is 5.27. The smallest absolute Gasteiger partial charge is 0.138 e. The van der Waals surface area contributed by atoms with Crippen molar-refractivity contribution < 1.29 is 4.79 Å². The van der Waals surface area contributed by atoms with Crippen molar-refractivity contribution in [3.8, 4) is 0 Å². The van der Waals surface area contributed by atoms with Crippen LogP contribution in [0.15, 0.2) is 30.3 Å². The average Bonchev–Trinajstić information content (AvgIpc) is 2.71. The van der Waals surface area contributed by atoms with Crippen molar-refractivity contribution in [2.24, 2.45) is 5.92 Å². The summed E-state index contributed by atoms with van der Waals surface area (Å²) >= 11 is 0. The van der Waals surface area contributed by atoms with Crippen molar-refractivity contribution in [3.05, 3.63) is 35.9 Å². The fraction of sp³-hybridized carbons (Fsp3) is 0.533. The summed E-state index contributed by atoms with van der Waals surface area (Å²) in [7, 11) is 0. The van der Waals surface area contributed by atoms with Crippen molar-refractivity contribution in [1.82, 2.24) is 5.32 Å². The van der Waals surface area contributed by atoms with Gasteiger partial charge < -0.3 is 5.32 Å². The van der Waals surface area contributed by atoms with E-state index in [1.54, 1.807) is 0 Å². The number of hydrogen-bond donors (Lipinski definition) is 1. The first-order chi connectivity index (χ1) is 8.36. The van der Waals surface area contributed by atoms with Gasteiger partial charge in [0.2, 0.25) is 0 Å². The van der Waals surface area contributed by atoms with E-state index in [4.69, 9.17) is 0 Å². The van der Waals surface area contributed by atoms with Crippen LogP contribution < -0.4 is 5.32 Å². The fourth-order valence-corrected chi connectivity index (χ4v) is 3.40. The zero-order chi connectivity index (χ0) is 11.7. The molecule has 2 fully saturated rings. The van der Waals surface area contributed by atoms with E-state index in [1.165, 1.54) is 18.4 Å². The van der Waals surface area contributed by atoms with Gasteiger partial charge in [0.1, 0.15) is 5.78 Å². The van der Waals surface area contributed by atoms with Crippen LogP contribution in [0.3, 0.4) is 0 Å². The van der Waals surface area contributed by atoms with Crippen molar-refractivity contribution in [2.45, 2.75) is 37.6 Å². The van der Waals surface area contributed by atoms with Gasteiger partial charge in [0.25, 0.3) is 0 Å². The molecule has 1 aliphatic carbocycles. The summed E-state index contributed by atoms with van der Waals surface area (Å²) in [5.41, 5.74) is 1.32. The Kier molecular flexibility index (Phi) is 2.98. The average molecular weight is 229 g/mol. The Labute approximate surface area is 102 Å². The first kappa shape index (κ1) is 11.0. The van der Waals surface area contributed by atoms with Crippen molar-refractivity contribution in [1.29, 1.82) is 0 Å². The van der Waals surface area contributed by atoms with E-state index in [2.05, 4.69) is 29.6 Å². The number of nitrogens with one attached hydrogen (secondary N) is 1. The largest absolute Gasteiger partial charge is 0.313 e. The highest BCUT2D eigenvalue weighted by molar-refractivity contribution is 5.83. The van der Waals surface area contributed by atoms with Crippen LogP contribution in [0.25, 0.3) is 0 Å². The molecule has 0 bridgehead atoms. The number of ketones is 1. The van der Waals surface area contributed by atoms with Crippen LogP contribution in [-0.2, 0) is 4.79 Å². The molecule has 0 radical (unpaired) electrons. The summed E-state index contributed by atoms with van der Waals surface area (Å²) in [6.45, 7) is 0.963. The molecule has 3 rings (SSSR count). The van der Waals surface area contributed by atoms with Gasteiger partial charge in [-0.2, -0.15) is 0 Å². The van der Waals surface area contributed by atoms with Gasteiger partial charge in [0.05, 0.1) is 0 Å². The minimum atomic E-state index is 0.222. The Morgan fingerprint density at radius 1 is 1.12 bits per heavy atom. The van der Waals surface area contributed by atoms with Gasteiger partial charge in [0, 0.05) is 30.8 Å². The third kappa shape index (κ3) is 2.02. The first-order valence-electron chi connectivity index (χ1n) is 6.67. The lowest BCUT2D eigenvalue weighted by Gasteiger charge is -2.20. The van der Waals surface area contributed by atoms with Crippen LogP contribution >= 0.6 is 0 Å². The van der Waals surface area contributed by atoms with E-state index < -0.39 is 0 Å². The molecule has 3 atom stereocenters. The standard InChI is InChI=1S/C15H19NO/c17-14-9-5-4-8-13-15(14)12(10-16-13)11-6-2-1-3-7-11/h1-3,6-7,12-13,15-16H,4-5,8-10H2/t12-,13+,15+/m1/s1. The number of rotatable bonds is 1. The number of hydrogen-bond acceptors (Lipinski definition) is 2. The van der Waals surface area contributed by atoms with Crippen molar-refractivity contribution in [3.63, 3.8) is 0 Å². The molecular formula is C15H19NO. The third-order valence-electron chi connectivity index (χ3n) is 4.25. The lowest BCUT2D eigenvalue weighted by atomic mass is 9.82. The molecule has 0 unspecified atom stereocenters. The fourth-order valence-electron chi connectivity index (χ4n) is 3.40. The zero-order valence-corrected chi connectivity index (χ0v) is 10.1. The molecule has 0 spiro atoms.